The van der Waals surface area contributed by atoms with Gasteiger partial charge in [-0.2, -0.15) is 0 Å². The molecule has 0 radical (unpaired) electrons. The smallest absolute Gasteiger partial charge is 0.330 e. The third-order valence-corrected chi connectivity index (χ3v) is 15.4. The summed E-state index contributed by atoms with van der Waals surface area (Å²) in [5, 5.41) is 33.6. The van der Waals surface area contributed by atoms with E-state index in [4.69, 9.17) is 18.9 Å². The van der Waals surface area contributed by atoms with Gasteiger partial charge in [-0.15, -0.1) is 0 Å². The number of rotatable bonds is 8. The minimum absolute atomic E-state index is 0.0636. The van der Waals surface area contributed by atoms with Crippen LogP contribution >= 0.6 is 0 Å². The molecule has 0 aromatic carbocycles. The zero-order valence-electron chi connectivity index (χ0n) is 29.2. The second-order valence-electron chi connectivity index (χ2n) is 17.5. The average molecular weight is 633 g/mol. The van der Waals surface area contributed by atoms with Crippen molar-refractivity contribution in [2.24, 2.45) is 50.7 Å². The van der Waals surface area contributed by atoms with Gasteiger partial charge in [-0.3, -0.25) is 0 Å². The van der Waals surface area contributed by atoms with Crippen molar-refractivity contribution in [1.82, 2.24) is 0 Å². The topological polar surface area (TPSA) is 115 Å². The second kappa shape index (κ2) is 11.0. The predicted molar refractivity (Wildman–Crippen MR) is 170 cm³/mol. The molecule has 6 aliphatic rings. The lowest BCUT2D eigenvalue weighted by molar-refractivity contribution is -0.245. The van der Waals surface area contributed by atoms with E-state index in [1.54, 1.807) is 20.1 Å². The van der Waals surface area contributed by atoms with Gasteiger partial charge in [0.05, 0.1) is 18.8 Å². The summed E-state index contributed by atoms with van der Waals surface area (Å²) in [7, 11) is 3.21. The highest BCUT2D eigenvalue weighted by Crippen LogP contribution is 2.91. The van der Waals surface area contributed by atoms with Crippen LogP contribution in [-0.2, 0) is 23.7 Å². The Labute approximate surface area is 270 Å². The van der Waals surface area contributed by atoms with Crippen molar-refractivity contribution in [2.45, 2.75) is 143 Å². The third-order valence-electron chi connectivity index (χ3n) is 15.4. The number of hydrogen-bond acceptors (Lipinski definition) is 8. The van der Waals surface area contributed by atoms with Crippen LogP contribution < -0.4 is 0 Å². The molecule has 256 valence electrons. The summed E-state index contributed by atoms with van der Waals surface area (Å²) in [6.07, 6.45) is 8.05. The number of ether oxygens (including phenoxy) is 4. The van der Waals surface area contributed by atoms with Gasteiger partial charge in [0.15, 0.2) is 6.29 Å². The average Bonchev–Trinajstić information content (AvgIpc) is 3.31. The van der Waals surface area contributed by atoms with E-state index in [0.29, 0.717) is 18.3 Å². The van der Waals surface area contributed by atoms with Crippen molar-refractivity contribution in [1.29, 1.82) is 0 Å². The van der Waals surface area contributed by atoms with Crippen molar-refractivity contribution in [2.75, 3.05) is 20.8 Å². The number of esters is 1. The summed E-state index contributed by atoms with van der Waals surface area (Å²) < 4.78 is 23.9. The van der Waals surface area contributed by atoms with E-state index < -0.39 is 30.2 Å². The van der Waals surface area contributed by atoms with Crippen molar-refractivity contribution in [3.05, 3.63) is 11.6 Å². The van der Waals surface area contributed by atoms with E-state index in [1.165, 1.54) is 7.11 Å². The normalized spacial score (nSPS) is 49.9. The van der Waals surface area contributed by atoms with Gasteiger partial charge in [-0.05, 0) is 113 Å². The molecule has 0 spiro atoms. The number of methoxy groups -OCH3 is 2. The molecule has 14 atom stereocenters. The quantitative estimate of drug-likeness (QED) is 0.241. The lowest BCUT2D eigenvalue weighted by Gasteiger charge is -2.68. The lowest BCUT2D eigenvalue weighted by Crippen LogP contribution is -2.66. The Kier molecular flexibility index (Phi) is 8.27. The molecule has 1 aliphatic heterocycles. The summed E-state index contributed by atoms with van der Waals surface area (Å²) in [5.41, 5.74) is -0.260. The molecule has 5 aliphatic carbocycles. The predicted octanol–water partition coefficient (Wildman–Crippen LogP) is 5.41. The van der Waals surface area contributed by atoms with E-state index in [2.05, 4.69) is 27.7 Å². The fourth-order valence-corrected chi connectivity index (χ4v) is 13.0. The number of hydrogen-bond donors (Lipinski definition) is 3. The molecule has 45 heavy (non-hydrogen) atoms. The largest absolute Gasteiger partial charge is 0.459 e. The number of carbonyl (C=O) groups is 1. The highest BCUT2D eigenvalue weighted by Gasteiger charge is 2.86. The van der Waals surface area contributed by atoms with Crippen molar-refractivity contribution < 1.29 is 39.1 Å². The molecule has 5 saturated carbocycles. The number of fused-ring (bicyclic) bond motifs is 3. The summed E-state index contributed by atoms with van der Waals surface area (Å²) in [6.45, 7) is 14.7. The second-order valence-corrected chi connectivity index (χ2v) is 17.5. The maximum absolute atomic E-state index is 12.7. The van der Waals surface area contributed by atoms with Gasteiger partial charge in [-0.1, -0.05) is 33.3 Å². The Morgan fingerprint density at radius 1 is 1.04 bits per heavy atom. The highest BCUT2D eigenvalue weighted by molar-refractivity contribution is 5.82. The van der Waals surface area contributed by atoms with Crippen LogP contribution in [0, 0.1) is 50.7 Å². The van der Waals surface area contributed by atoms with Crippen LogP contribution in [0.5, 0.6) is 0 Å². The monoisotopic (exact) mass is 632 g/mol. The first-order chi connectivity index (χ1) is 21.0. The molecule has 8 nitrogen and oxygen atoms in total. The molecule has 3 N–H and O–H groups in total. The van der Waals surface area contributed by atoms with Gasteiger partial charge in [0.25, 0.3) is 0 Å². The first-order valence-electron chi connectivity index (χ1n) is 17.6. The first-order valence-corrected chi connectivity index (χ1v) is 17.6. The van der Waals surface area contributed by atoms with Crippen LogP contribution in [0.15, 0.2) is 11.6 Å². The maximum Gasteiger partial charge on any atom is 0.330 e. The van der Waals surface area contributed by atoms with Crippen LogP contribution in [0.1, 0.15) is 106 Å². The molecule has 0 aromatic heterocycles. The summed E-state index contributed by atoms with van der Waals surface area (Å²) in [5.74, 6) is 0.965. The number of allylic oxidation sites excluding steroid dienone is 1. The molecular weight excluding hydrogens is 572 g/mol. The molecule has 14 unspecified atom stereocenters. The zero-order chi connectivity index (χ0) is 33.0. The van der Waals surface area contributed by atoms with E-state index >= 15 is 0 Å². The lowest BCUT2D eigenvalue weighted by atomic mass is 9.37. The molecule has 6 fully saturated rings. The van der Waals surface area contributed by atoms with Crippen molar-refractivity contribution >= 4 is 5.97 Å². The van der Waals surface area contributed by atoms with Crippen LogP contribution in [0.2, 0.25) is 0 Å². The Bertz CT molecular complexity index is 1190. The Hall–Kier alpha value is -1.03. The van der Waals surface area contributed by atoms with Gasteiger partial charge in [0.1, 0.15) is 17.8 Å². The summed E-state index contributed by atoms with van der Waals surface area (Å²) >= 11 is 0. The standard InChI is InChI=1S/C37H60O8/c1-21(2)16-29(40)45-28-12-13-33(5)25-11-14-36-19-37(36,35(25,7)27(39)18-26(33)32(28,3)4)15-10-23(36)22-17-24(44-31(22)42-8)30(41)34(6,20-38)43-9/h16,22-28,30-31,38-39,41H,10-15,17-20H2,1-9H3. The van der Waals surface area contributed by atoms with Crippen LogP contribution in [0.3, 0.4) is 0 Å². The molecule has 0 bridgehead atoms. The number of carbonyl (C=O) groups excluding carboxylic acids is 1. The van der Waals surface area contributed by atoms with E-state index in [9.17, 15) is 20.1 Å². The van der Waals surface area contributed by atoms with Gasteiger partial charge < -0.3 is 34.3 Å². The highest BCUT2D eigenvalue weighted by atomic mass is 16.7. The Balaban J connectivity index is 1.25. The number of aliphatic hydroxyl groups is 3. The van der Waals surface area contributed by atoms with Crippen molar-refractivity contribution in [3.63, 3.8) is 0 Å². The fraction of sp³-hybridized carbons (Fsp3) is 0.919. The number of aliphatic hydroxyl groups excluding tert-OH is 3. The maximum atomic E-state index is 12.7. The van der Waals surface area contributed by atoms with Gasteiger partial charge >= 0.3 is 5.97 Å². The minimum atomic E-state index is -1.10. The Morgan fingerprint density at radius 2 is 1.76 bits per heavy atom. The summed E-state index contributed by atoms with van der Waals surface area (Å²) in [6, 6.07) is 0. The van der Waals surface area contributed by atoms with Gasteiger partial charge in [0.2, 0.25) is 0 Å². The molecular formula is C37H60O8. The molecule has 0 aromatic rings. The Morgan fingerprint density at radius 3 is 2.38 bits per heavy atom. The minimum Gasteiger partial charge on any atom is -0.459 e. The van der Waals surface area contributed by atoms with Gasteiger partial charge in [0, 0.05) is 37.0 Å². The van der Waals surface area contributed by atoms with Crippen LogP contribution in [0.25, 0.3) is 0 Å². The molecule has 0 amide bonds. The van der Waals surface area contributed by atoms with Crippen LogP contribution in [0.4, 0.5) is 0 Å². The van der Waals surface area contributed by atoms with Crippen molar-refractivity contribution in [3.8, 4) is 0 Å². The molecule has 8 heteroatoms. The summed E-state index contributed by atoms with van der Waals surface area (Å²) in [4.78, 5) is 12.7. The molecule has 1 saturated heterocycles. The molecule has 6 rings (SSSR count). The van der Waals surface area contributed by atoms with E-state index in [-0.39, 0.29) is 57.6 Å². The van der Waals surface area contributed by atoms with Gasteiger partial charge in [-0.25, -0.2) is 4.79 Å². The van der Waals surface area contributed by atoms with E-state index in [1.807, 2.05) is 13.8 Å². The third kappa shape index (κ3) is 4.47. The fourth-order valence-electron chi connectivity index (χ4n) is 13.0. The molecule has 1 heterocycles. The van der Waals surface area contributed by atoms with Crippen LogP contribution in [-0.4, -0.2) is 78.4 Å². The van der Waals surface area contributed by atoms with E-state index in [0.717, 1.165) is 56.9 Å². The first kappa shape index (κ1) is 33.9. The SMILES string of the molecule is COC1OC(C(O)C(C)(CO)OC)CC1C1CCC23CC12CCC1C2(C)CCC(OC(=O)C=C(C)C)C(C)(C)C2CC(O)C13C. The zero-order valence-corrected chi connectivity index (χ0v) is 29.2.